The summed E-state index contributed by atoms with van der Waals surface area (Å²) >= 11 is 0. The Labute approximate surface area is 87.9 Å². The standard InChI is InChI=1S/C10H13N3O2/c1-13(2)8-6-4-3-5-7(8)9(14)12-10(11)15/h3-6H,1-2H3,(H3,11,12,14,15). The van der Waals surface area contributed by atoms with Crippen LogP contribution in [0.1, 0.15) is 10.4 Å². The zero-order chi connectivity index (χ0) is 11.4. The number of imide groups is 1. The molecule has 1 aromatic rings. The van der Waals surface area contributed by atoms with Crippen molar-refractivity contribution in [3.63, 3.8) is 0 Å². The van der Waals surface area contributed by atoms with Crippen LogP contribution < -0.4 is 16.0 Å². The Morgan fingerprint density at radius 1 is 1.27 bits per heavy atom. The molecule has 0 heterocycles. The number of benzene rings is 1. The second-order valence-electron chi connectivity index (χ2n) is 3.23. The normalized spacial score (nSPS) is 9.47. The minimum Gasteiger partial charge on any atom is -0.377 e. The highest BCUT2D eigenvalue weighted by Gasteiger charge is 2.12. The first-order chi connectivity index (χ1) is 7.02. The summed E-state index contributed by atoms with van der Waals surface area (Å²) in [6.45, 7) is 0. The summed E-state index contributed by atoms with van der Waals surface area (Å²) in [6.07, 6.45) is 0. The van der Waals surface area contributed by atoms with Gasteiger partial charge in [0.15, 0.2) is 0 Å². The van der Waals surface area contributed by atoms with E-state index in [1.54, 1.807) is 23.1 Å². The van der Waals surface area contributed by atoms with E-state index in [9.17, 15) is 9.59 Å². The maximum Gasteiger partial charge on any atom is 0.319 e. The summed E-state index contributed by atoms with van der Waals surface area (Å²) < 4.78 is 0. The molecule has 1 aromatic carbocycles. The predicted octanol–water partition coefficient (Wildman–Crippen LogP) is 0.561. The van der Waals surface area contributed by atoms with E-state index in [1.165, 1.54) is 0 Å². The number of carbonyl (C=O) groups is 2. The van der Waals surface area contributed by atoms with Gasteiger partial charge in [0, 0.05) is 19.8 Å². The van der Waals surface area contributed by atoms with Crippen LogP contribution in [0.4, 0.5) is 10.5 Å². The van der Waals surface area contributed by atoms with Crippen LogP contribution >= 0.6 is 0 Å². The number of nitrogens with one attached hydrogen (secondary N) is 1. The monoisotopic (exact) mass is 207 g/mol. The third-order valence-electron chi connectivity index (χ3n) is 1.87. The Balaban J connectivity index is 3.02. The number of amides is 3. The van der Waals surface area contributed by atoms with Crippen LogP contribution in [0, 0.1) is 0 Å². The van der Waals surface area contributed by atoms with Gasteiger partial charge in [0.25, 0.3) is 5.91 Å². The van der Waals surface area contributed by atoms with Gasteiger partial charge in [-0.15, -0.1) is 0 Å². The highest BCUT2D eigenvalue weighted by atomic mass is 16.2. The van der Waals surface area contributed by atoms with Gasteiger partial charge in [-0.05, 0) is 12.1 Å². The van der Waals surface area contributed by atoms with Crippen LogP contribution in [0.2, 0.25) is 0 Å². The first kappa shape index (κ1) is 11.0. The van der Waals surface area contributed by atoms with E-state index >= 15 is 0 Å². The molecule has 1 rings (SSSR count). The number of anilines is 1. The SMILES string of the molecule is CN(C)c1ccccc1C(=O)NC(N)=O. The Kier molecular flexibility index (Phi) is 3.28. The number of para-hydroxylation sites is 1. The van der Waals surface area contributed by atoms with Crippen LogP contribution in [-0.2, 0) is 0 Å². The Bertz CT molecular complexity index is 388. The fourth-order valence-electron chi connectivity index (χ4n) is 1.23. The molecule has 0 aliphatic carbocycles. The molecule has 0 bridgehead atoms. The maximum absolute atomic E-state index is 11.5. The van der Waals surface area contributed by atoms with E-state index in [2.05, 4.69) is 0 Å². The zero-order valence-electron chi connectivity index (χ0n) is 8.65. The van der Waals surface area contributed by atoms with Crippen molar-refractivity contribution >= 4 is 17.6 Å². The molecule has 0 saturated heterocycles. The van der Waals surface area contributed by atoms with Gasteiger partial charge in [-0.1, -0.05) is 12.1 Å². The van der Waals surface area contributed by atoms with Crippen LogP contribution in [0.3, 0.4) is 0 Å². The molecule has 0 atom stereocenters. The molecule has 3 N–H and O–H groups in total. The molecule has 5 nitrogen and oxygen atoms in total. The van der Waals surface area contributed by atoms with Gasteiger partial charge in [-0.3, -0.25) is 10.1 Å². The summed E-state index contributed by atoms with van der Waals surface area (Å²) in [6, 6.07) is 6.11. The van der Waals surface area contributed by atoms with Crippen LogP contribution in [-0.4, -0.2) is 26.0 Å². The van der Waals surface area contributed by atoms with Gasteiger partial charge in [-0.25, -0.2) is 4.79 Å². The van der Waals surface area contributed by atoms with Crippen LogP contribution in [0.15, 0.2) is 24.3 Å². The van der Waals surface area contributed by atoms with Crippen molar-refractivity contribution in [2.45, 2.75) is 0 Å². The van der Waals surface area contributed by atoms with E-state index in [1.807, 2.05) is 25.5 Å². The topological polar surface area (TPSA) is 75.4 Å². The fraction of sp³-hybridized carbons (Fsp3) is 0.200. The molecule has 0 spiro atoms. The van der Waals surface area contributed by atoms with E-state index < -0.39 is 11.9 Å². The molecule has 0 aromatic heterocycles. The second-order valence-corrected chi connectivity index (χ2v) is 3.23. The summed E-state index contributed by atoms with van der Waals surface area (Å²) in [4.78, 5) is 23.9. The minimum atomic E-state index is -0.853. The molecule has 0 fully saturated rings. The fourth-order valence-corrected chi connectivity index (χ4v) is 1.23. The van der Waals surface area contributed by atoms with Crippen LogP contribution in [0.5, 0.6) is 0 Å². The van der Waals surface area contributed by atoms with Crippen molar-refractivity contribution in [1.29, 1.82) is 0 Å². The van der Waals surface area contributed by atoms with Crippen LogP contribution in [0.25, 0.3) is 0 Å². The number of urea groups is 1. The number of primary amides is 1. The lowest BCUT2D eigenvalue weighted by Gasteiger charge is -2.16. The molecule has 5 heteroatoms. The summed E-state index contributed by atoms with van der Waals surface area (Å²) in [7, 11) is 3.63. The molecule has 15 heavy (non-hydrogen) atoms. The van der Waals surface area contributed by atoms with Crippen molar-refractivity contribution in [1.82, 2.24) is 5.32 Å². The quantitative estimate of drug-likeness (QED) is 0.744. The number of nitrogens with zero attached hydrogens (tertiary/aromatic N) is 1. The molecule has 0 aliphatic heterocycles. The minimum absolute atomic E-state index is 0.418. The number of carbonyl (C=O) groups excluding carboxylic acids is 2. The Morgan fingerprint density at radius 2 is 1.87 bits per heavy atom. The van der Waals surface area contributed by atoms with Crippen molar-refractivity contribution in [3.8, 4) is 0 Å². The number of nitrogens with two attached hydrogens (primary N) is 1. The first-order valence-corrected chi connectivity index (χ1v) is 4.39. The van der Waals surface area contributed by atoms with Gasteiger partial charge in [0.1, 0.15) is 0 Å². The van der Waals surface area contributed by atoms with E-state index in [0.29, 0.717) is 5.56 Å². The van der Waals surface area contributed by atoms with Gasteiger partial charge >= 0.3 is 6.03 Å². The number of rotatable bonds is 2. The molecule has 80 valence electrons. The smallest absolute Gasteiger partial charge is 0.319 e. The molecule has 0 saturated carbocycles. The van der Waals surface area contributed by atoms with Crippen molar-refractivity contribution in [2.24, 2.45) is 5.73 Å². The van der Waals surface area contributed by atoms with Crippen molar-refractivity contribution in [2.75, 3.05) is 19.0 Å². The average Bonchev–Trinajstić information content (AvgIpc) is 2.16. The van der Waals surface area contributed by atoms with Gasteiger partial charge in [0.05, 0.1) is 5.56 Å². The largest absolute Gasteiger partial charge is 0.377 e. The summed E-state index contributed by atoms with van der Waals surface area (Å²) in [5, 5.41) is 2.03. The molecular weight excluding hydrogens is 194 g/mol. The molecular formula is C10H13N3O2. The van der Waals surface area contributed by atoms with E-state index in [0.717, 1.165) is 5.69 Å². The molecule has 3 amide bonds. The van der Waals surface area contributed by atoms with Gasteiger partial charge < -0.3 is 10.6 Å². The predicted molar refractivity (Wildman–Crippen MR) is 57.8 cm³/mol. The van der Waals surface area contributed by atoms with Gasteiger partial charge in [-0.2, -0.15) is 0 Å². The number of hydrogen-bond acceptors (Lipinski definition) is 3. The Hall–Kier alpha value is -2.04. The average molecular weight is 207 g/mol. The molecule has 0 radical (unpaired) electrons. The Morgan fingerprint density at radius 3 is 2.40 bits per heavy atom. The lowest BCUT2D eigenvalue weighted by Crippen LogP contribution is -2.35. The highest BCUT2D eigenvalue weighted by Crippen LogP contribution is 2.17. The lowest BCUT2D eigenvalue weighted by atomic mass is 10.1. The molecule has 0 unspecified atom stereocenters. The first-order valence-electron chi connectivity index (χ1n) is 4.39. The summed E-state index contributed by atoms with van der Waals surface area (Å²) in [5.74, 6) is -0.494. The van der Waals surface area contributed by atoms with E-state index in [4.69, 9.17) is 5.73 Å². The second kappa shape index (κ2) is 4.45. The lowest BCUT2D eigenvalue weighted by molar-refractivity contribution is 0.0967. The molecule has 0 aliphatic rings. The van der Waals surface area contributed by atoms with E-state index in [-0.39, 0.29) is 0 Å². The highest BCUT2D eigenvalue weighted by molar-refractivity contribution is 6.07. The summed E-state index contributed by atoms with van der Waals surface area (Å²) in [5.41, 5.74) is 6.02. The third kappa shape index (κ3) is 2.70. The number of hydrogen-bond donors (Lipinski definition) is 2. The third-order valence-corrected chi connectivity index (χ3v) is 1.87. The zero-order valence-corrected chi connectivity index (χ0v) is 8.65. The van der Waals surface area contributed by atoms with Crippen molar-refractivity contribution < 1.29 is 9.59 Å². The maximum atomic E-state index is 11.5. The van der Waals surface area contributed by atoms with Crippen molar-refractivity contribution in [3.05, 3.63) is 29.8 Å². The van der Waals surface area contributed by atoms with Gasteiger partial charge in [0.2, 0.25) is 0 Å².